The minimum absolute atomic E-state index is 0.108. The van der Waals surface area contributed by atoms with Gasteiger partial charge in [-0.25, -0.2) is 0 Å². The Labute approximate surface area is 312 Å². The first-order chi connectivity index (χ1) is 25.0. The van der Waals surface area contributed by atoms with Crippen LogP contribution in [-0.2, 0) is 28.6 Å². The van der Waals surface area contributed by atoms with Gasteiger partial charge in [-0.2, -0.15) is 0 Å². The summed E-state index contributed by atoms with van der Waals surface area (Å²) in [5, 5.41) is 0. The van der Waals surface area contributed by atoms with Crippen LogP contribution < -0.4 is 0 Å². The zero-order valence-electron chi connectivity index (χ0n) is 32.8. The van der Waals surface area contributed by atoms with Crippen molar-refractivity contribution >= 4 is 17.9 Å². The number of carbonyl (C=O) groups excluding carboxylic acids is 3. The Balaban J connectivity index is 4.50. The number of ether oxygens (including phenoxy) is 3. The van der Waals surface area contributed by atoms with Gasteiger partial charge in [0, 0.05) is 19.3 Å². The summed E-state index contributed by atoms with van der Waals surface area (Å²) in [6.07, 6.45) is 47.5. The molecule has 6 heteroatoms. The fourth-order valence-electron chi connectivity index (χ4n) is 5.14. The second-order valence-corrected chi connectivity index (χ2v) is 13.2. The van der Waals surface area contributed by atoms with Crippen LogP contribution in [0.15, 0.2) is 72.9 Å². The summed E-state index contributed by atoms with van der Waals surface area (Å²) in [6.45, 7) is 6.31. The first-order valence-electron chi connectivity index (χ1n) is 20.5. The molecule has 0 saturated carbocycles. The van der Waals surface area contributed by atoms with E-state index in [-0.39, 0.29) is 31.1 Å². The average molecular weight is 711 g/mol. The lowest BCUT2D eigenvalue weighted by molar-refractivity contribution is -0.167. The van der Waals surface area contributed by atoms with E-state index < -0.39 is 6.10 Å². The summed E-state index contributed by atoms with van der Waals surface area (Å²) in [5.74, 6) is -1.00. The van der Waals surface area contributed by atoms with E-state index in [0.29, 0.717) is 25.7 Å². The molecule has 0 fully saturated rings. The summed E-state index contributed by atoms with van der Waals surface area (Å²) in [5.41, 5.74) is 0. The number of hydrogen-bond donors (Lipinski definition) is 0. The largest absolute Gasteiger partial charge is 0.462 e. The lowest BCUT2D eigenvalue weighted by Gasteiger charge is -2.18. The predicted molar refractivity (Wildman–Crippen MR) is 214 cm³/mol. The number of unbranched alkanes of at least 4 members (excludes halogenated alkanes) is 15. The highest BCUT2D eigenvalue weighted by Crippen LogP contribution is 2.11. The molecule has 0 aromatic heterocycles. The van der Waals surface area contributed by atoms with Crippen LogP contribution in [0.2, 0.25) is 0 Å². The SMILES string of the molecule is CC\C=C/C=C\C=C/C=C\CCCCCC(=O)OCC(COC(=O)CCC/C=C\CCCCCC)OC(=O)CCCCCCC/C=C\CCCC. The molecule has 0 aromatic rings. The highest BCUT2D eigenvalue weighted by molar-refractivity contribution is 5.71. The maximum Gasteiger partial charge on any atom is 0.306 e. The fraction of sp³-hybridized carbons (Fsp3) is 0.667. The standard InChI is InChI=1S/C45H74O6/c1-4-7-10-13-16-19-21-22-24-26-29-32-35-38-44(47)50-41-42(40-49-43(46)37-34-31-28-25-18-15-12-9-6-3)51-45(48)39-36-33-30-27-23-20-17-14-11-8-5-2/h7,10,13-14,16-17,19,21-22,24-25,28,42H,4-6,8-9,11-12,15,18,20,23,26-27,29-41H2,1-3H3/b10-7-,16-13-,17-14-,21-19-,24-22-,28-25-. The molecule has 51 heavy (non-hydrogen) atoms. The molecule has 1 atom stereocenters. The Morgan fingerprint density at radius 3 is 1.41 bits per heavy atom. The van der Waals surface area contributed by atoms with Crippen molar-refractivity contribution in [1.82, 2.24) is 0 Å². The molecular weight excluding hydrogens is 636 g/mol. The minimum atomic E-state index is -0.802. The van der Waals surface area contributed by atoms with Crippen molar-refractivity contribution in [2.45, 2.75) is 181 Å². The first-order valence-corrected chi connectivity index (χ1v) is 20.5. The molecule has 0 aliphatic rings. The van der Waals surface area contributed by atoms with E-state index in [2.05, 4.69) is 57.2 Å². The zero-order valence-corrected chi connectivity index (χ0v) is 32.8. The molecule has 0 N–H and O–H groups in total. The summed E-state index contributed by atoms with van der Waals surface area (Å²) >= 11 is 0. The van der Waals surface area contributed by atoms with Gasteiger partial charge in [-0.1, -0.05) is 151 Å². The van der Waals surface area contributed by atoms with Crippen LogP contribution in [0, 0.1) is 0 Å². The van der Waals surface area contributed by atoms with E-state index in [1.54, 1.807) is 0 Å². The number of carbonyl (C=O) groups is 3. The van der Waals surface area contributed by atoms with Gasteiger partial charge in [0.25, 0.3) is 0 Å². The molecule has 0 aliphatic carbocycles. The van der Waals surface area contributed by atoms with Gasteiger partial charge >= 0.3 is 17.9 Å². The maximum atomic E-state index is 12.6. The molecule has 0 spiro atoms. The third kappa shape index (κ3) is 37.9. The number of rotatable bonds is 35. The van der Waals surface area contributed by atoms with Crippen LogP contribution in [0.4, 0.5) is 0 Å². The highest BCUT2D eigenvalue weighted by Gasteiger charge is 2.19. The molecule has 0 aromatic carbocycles. The molecule has 0 amide bonds. The second-order valence-electron chi connectivity index (χ2n) is 13.2. The van der Waals surface area contributed by atoms with Crippen molar-refractivity contribution in [1.29, 1.82) is 0 Å². The smallest absolute Gasteiger partial charge is 0.306 e. The van der Waals surface area contributed by atoms with Gasteiger partial charge in [0.1, 0.15) is 13.2 Å². The number of allylic oxidation sites excluding steroid dienone is 12. The van der Waals surface area contributed by atoms with E-state index in [9.17, 15) is 14.4 Å². The van der Waals surface area contributed by atoms with Crippen LogP contribution in [0.5, 0.6) is 0 Å². The topological polar surface area (TPSA) is 78.9 Å². The molecular formula is C45H74O6. The molecule has 290 valence electrons. The van der Waals surface area contributed by atoms with Crippen LogP contribution in [0.25, 0.3) is 0 Å². The van der Waals surface area contributed by atoms with E-state index in [4.69, 9.17) is 14.2 Å². The molecule has 0 radical (unpaired) electrons. The van der Waals surface area contributed by atoms with Crippen LogP contribution in [0.3, 0.4) is 0 Å². The fourth-order valence-corrected chi connectivity index (χ4v) is 5.14. The Bertz CT molecular complexity index is 1000. The third-order valence-corrected chi connectivity index (χ3v) is 8.26. The lowest BCUT2D eigenvalue weighted by Crippen LogP contribution is -2.30. The molecule has 6 nitrogen and oxygen atoms in total. The quantitative estimate of drug-likeness (QED) is 0.0214. The molecule has 0 saturated heterocycles. The van der Waals surface area contributed by atoms with Crippen molar-refractivity contribution in [3.63, 3.8) is 0 Å². The van der Waals surface area contributed by atoms with Gasteiger partial charge in [-0.3, -0.25) is 14.4 Å². The Morgan fingerprint density at radius 2 is 0.824 bits per heavy atom. The van der Waals surface area contributed by atoms with Crippen molar-refractivity contribution in [2.75, 3.05) is 13.2 Å². The van der Waals surface area contributed by atoms with Crippen molar-refractivity contribution in [2.24, 2.45) is 0 Å². The summed E-state index contributed by atoms with van der Waals surface area (Å²) in [6, 6.07) is 0. The second kappa shape index (κ2) is 39.6. The Kier molecular flexibility index (Phi) is 37.2. The van der Waals surface area contributed by atoms with Gasteiger partial charge in [-0.15, -0.1) is 0 Å². The van der Waals surface area contributed by atoms with E-state index in [0.717, 1.165) is 77.0 Å². The van der Waals surface area contributed by atoms with Gasteiger partial charge in [-0.05, 0) is 77.0 Å². The molecule has 0 heterocycles. The maximum absolute atomic E-state index is 12.6. The van der Waals surface area contributed by atoms with E-state index in [1.807, 2.05) is 36.5 Å². The summed E-state index contributed by atoms with van der Waals surface area (Å²) in [4.78, 5) is 37.5. The third-order valence-electron chi connectivity index (χ3n) is 8.26. The Hall–Kier alpha value is -3.15. The Morgan fingerprint density at radius 1 is 0.412 bits per heavy atom. The predicted octanol–water partition coefficient (Wildman–Crippen LogP) is 12.7. The van der Waals surface area contributed by atoms with Crippen LogP contribution in [0.1, 0.15) is 175 Å². The lowest BCUT2D eigenvalue weighted by atomic mass is 10.1. The monoisotopic (exact) mass is 711 g/mol. The van der Waals surface area contributed by atoms with Gasteiger partial charge in [0.2, 0.25) is 0 Å². The van der Waals surface area contributed by atoms with Crippen molar-refractivity contribution < 1.29 is 28.6 Å². The summed E-state index contributed by atoms with van der Waals surface area (Å²) in [7, 11) is 0. The highest BCUT2D eigenvalue weighted by atomic mass is 16.6. The zero-order chi connectivity index (χ0) is 37.3. The number of hydrogen-bond acceptors (Lipinski definition) is 6. The molecule has 0 bridgehead atoms. The first kappa shape index (κ1) is 47.8. The van der Waals surface area contributed by atoms with Crippen molar-refractivity contribution in [3.8, 4) is 0 Å². The van der Waals surface area contributed by atoms with E-state index >= 15 is 0 Å². The summed E-state index contributed by atoms with van der Waals surface area (Å²) < 4.78 is 16.5. The average Bonchev–Trinajstić information content (AvgIpc) is 3.12. The number of esters is 3. The van der Waals surface area contributed by atoms with Gasteiger partial charge in [0.15, 0.2) is 6.10 Å². The molecule has 0 rings (SSSR count). The minimum Gasteiger partial charge on any atom is -0.462 e. The van der Waals surface area contributed by atoms with Crippen LogP contribution >= 0.6 is 0 Å². The van der Waals surface area contributed by atoms with E-state index in [1.165, 1.54) is 51.4 Å². The molecule has 1 unspecified atom stereocenters. The van der Waals surface area contributed by atoms with Crippen LogP contribution in [-0.4, -0.2) is 37.2 Å². The molecule has 0 aliphatic heterocycles. The van der Waals surface area contributed by atoms with Gasteiger partial charge < -0.3 is 14.2 Å². The van der Waals surface area contributed by atoms with Gasteiger partial charge in [0.05, 0.1) is 0 Å². The van der Waals surface area contributed by atoms with Crippen molar-refractivity contribution in [3.05, 3.63) is 72.9 Å². The normalized spacial score (nSPS) is 12.8.